The molecule has 0 spiro atoms. The van der Waals surface area contributed by atoms with Gasteiger partial charge in [-0.3, -0.25) is 9.78 Å². The number of nitrogens with zero attached hydrogens (tertiary/aromatic N) is 1. The van der Waals surface area contributed by atoms with Crippen molar-refractivity contribution < 1.29 is 4.79 Å². The summed E-state index contributed by atoms with van der Waals surface area (Å²) in [6.45, 7) is 0. The Kier molecular flexibility index (Phi) is 3.31. The average Bonchev–Trinajstić information content (AvgIpc) is 2.86. The number of carbonyl (C=O) groups excluding carboxylic acids is 1. The van der Waals surface area contributed by atoms with E-state index in [4.69, 9.17) is 0 Å². The molecular weight excluding hydrogens is 324 g/mol. The van der Waals surface area contributed by atoms with Crippen LogP contribution in [0, 0.1) is 0 Å². The number of amides is 1. The molecule has 3 rings (SSSR count). The van der Waals surface area contributed by atoms with E-state index < -0.39 is 0 Å². The number of benzene rings is 1. The number of aromatic nitrogens is 1. The number of halogens is 1. The van der Waals surface area contributed by atoms with Gasteiger partial charge in [-0.2, -0.15) is 0 Å². The van der Waals surface area contributed by atoms with Gasteiger partial charge in [0.2, 0.25) is 0 Å². The number of hydrogen-bond acceptors (Lipinski definition) is 3. The normalized spacial score (nSPS) is 10.6. The van der Waals surface area contributed by atoms with Crippen LogP contribution in [-0.2, 0) is 0 Å². The van der Waals surface area contributed by atoms with Crippen molar-refractivity contribution in [1.82, 2.24) is 4.98 Å². The molecule has 0 bridgehead atoms. The number of hydrogen-bond donors (Lipinski definition) is 1. The van der Waals surface area contributed by atoms with Crippen LogP contribution in [0.2, 0.25) is 0 Å². The molecule has 1 aromatic carbocycles. The van der Waals surface area contributed by atoms with Gasteiger partial charge in [0.1, 0.15) is 0 Å². The Hall–Kier alpha value is -1.72. The molecule has 1 N–H and O–H groups in total. The number of anilines is 1. The van der Waals surface area contributed by atoms with E-state index in [2.05, 4.69) is 26.2 Å². The van der Waals surface area contributed by atoms with E-state index >= 15 is 0 Å². The number of carbonyl (C=O) groups is 1. The first kappa shape index (κ1) is 12.3. The van der Waals surface area contributed by atoms with Gasteiger partial charge in [-0.1, -0.05) is 12.1 Å². The number of thiophene rings is 1. The SMILES string of the molecule is O=C(Nc1cccc2cnccc12)c1csc(Br)c1. The van der Waals surface area contributed by atoms with Crippen molar-refractivity contribution in [3.05, 3.63) is 57.5 Å². The number of fused-ring (bicyclic) bond motifs is 1. The van der Waals surface area contributed by atoms with Gasteiger partial charge in [-0.05, 0) is 34.1 Å². The number of rotatable bonds is 2. The summed E-state index contributed by atoms with van der Waals surface area (Å²) in [6, 6.07) is 9.48. The van der Waals surface area contributed by atoms with Crippen LogP contribution in [-0.4, -0.2) is 10.9 Å². The zero-order valence-electron chi connectivity index (χ0n) is 9.76. The minimum atomic E-state index is -0.105. The summed E-state index contributed by atoms with van der Waals surface area (Å²) in [5, 5.41) is 6.75. The zero-order valence-corrected chi connectivity index (χ0v) is 12.2. The molecule has 0 fully saturated rings. The Bertz CT molecular complexity index is 749. The third-order valence-electron chi connectivity index (χ3n) is 2.76. The molecule has 0 saturated heterocycles. The van der Waals surface area contributed by atoms with Crippen molar-refractivity contribution in [3.8, 4) is 0 Å². The fourth-order valence-electron chi connectivity index (χ4n) is 1.86. The zero-order chi connectivity index (χ0) is 13.2. The molecule has 94 valence electrons. The van der Waals surface area contributed by atoms with E-state index in [1.165, 1.54) is 11.3 Å². The molecule has 0 atom stereocenters. The third-order valence-corrected chi connectivity index (χ3v) is 4.26. The highest BCUT2D eigenvalue weighted by Crippen LogP contribution is 2.25. The maximum atomic E-state index is 12.1. The summed E-state index contributed by atoms with van der Waals surface area (Å²) in [6.07, 6.45) is 3.51. The molecule has 19 heavy (non-hydrogen) atoms. The summed E-state index contributed by atoms with van der Waals surface area (Å²) in [5.41, 5.74) is 1.45. The van der Waals surface area contributed by atoms with Crippen LogP contribution >= 0.6 is 27.3 Å². The van der Waals surface area contributed by atoms with Gasteiger partial charge < -0.3 is 5.32 Å². The smallest absolute Gasteiger partial charge is 0.256 e. The molecule has 2 heterocycles. The average molecular weight is 333 g/mol. The Labute approximate surface area is 122 Å². The predicted molar refractivity (Wildman–Crippen MR) is 81.7 cm³/mol. The Morgan fingerprint density at radius 1 is 1.32 bits per heavy atom. The molecule has 1 amide bonds. The summed E-state index contributed by atoms with van der Waals surface area (Å²) in [7, 11) is 0. The van der Waals surface area contributed by atoms with E-state index in [-0.39, 0.29) is 5.91 Å². The maximum Gasteiger partial charge on any atom is 0.256 e. The Morgan fingerprint density at radius 3 is 3.00 bits per heavy atom. The standard InChI is InChI=1S/C14H9BrN2OS/c15-13-6-10(8-19-13)14(18)17-12-3-1-2-9-7-16-5-4-11(9)12/h1-8H,(H,17,18). The van der Waals surface area contributed by atoms with E-state index in [9.17, 15) is 4.79 Å². The number of pyridine rings is 1. The largest absolute Gasteiger partial charge is 0.321 e. The van der Waals surface area contributed by atoms with Gasteiger partial charge in [-0.15, -0.1) is 11.3 Å². The molecule has 2 aromatic heterocycles. The monoisotopic (exact) mass is 332 g/mol. The minimum Gasteiger partial charge on any atom is -0.321 e. The molecule has 3 nitrogen and oxygen atoms in total. The first-order chi connectivity index (χ1) is 9.24. The van der Waals surface area contributed by atoms with Crippen molar-refractivity contribution in [2.24, 2.45) is 0 Å². The molecule has 0 aliphatic rings. The van der Waals surface area contributed by atoms with E-state index in [0.717, 1.165) is 20.2 Å². The van der Waals surface area contributed by atoms with Crippen LogP contribution in [0.1, 0.15) is 10.4 Å². The lowest BCUT2D eigenvalue weighted by Crippen LogP contribution is -2.11. The van der Waals surface area contributed by atoms with Gasteiger partial charge in [0.25, 0.3) is 5.91 Å². The fourth-order valence-corrected chi connectivity index (χ4v) is 2.99. The van der Waals surface area contributed by atoms with Gasteiger partial charge >= 0.3 is 0 Å². The van der Waals surface area contributed by atoms with Crippen LogP contribution in [0.3, 0.4) is 0 Å². The molecule has 0 aliphatic carbocycles. The molecule has 3 aromatic rings. The molecule has 5 heteroatoms. The summed E-state index contributed by atoms with van der Waals surface area (Å²) >= 11 is 4.85. The van der Waals surface area contributed by atoms with Crippen molar-refractivity contribution in [1.29, 1.82) is 0 Å². The van der Waals surface area contributed by atoms with Gasteiger partial charge in [-0.25, -0.2) is 0 Å². The Morgan fingerprint density at radius 2 is 2.21 bits per heavy atom. The lowest BCUT2D eigenvalue weighted by atomic mass is 10.1. The number of nitrogens with one attached hydrogen (secondary N) is 1. The van der Waals surface area contributed by atoms with Crippen molar-refractivity contribution >= 4 is 49.6 Å². The molecule has 0 unspecified atom stereocenters. The Balaban J connectivity index is 1.95. The summed E-state index contributed by atoms with van der Waals surface area (Å²) < 4.78 is 0.944. The van der Waals surface area contributed by atoms with Crippen LogP contribution in [0.15, 0.2) is 51.9 Å². The molecule has 0 aliphatic heterocycles. The minimum absolute atomic E-state index is 0.105. The molecule has 0 radical (unpaired) electrons. The topological polar surface area (TPSA) is 42.0 Å². The van der Waals surface area contributed by atoms with E-state index in [1.807, 2.05) is 35.7 Å². The van der Waals surface area contributed by atoms with Crippen LogP contribution in [0.25, 0.3) is 10.8 Å². The second-order valence-electron chi connectivity index (χ2n) is 4.00. The van der Waals surface area contributed by atoms with E-state index in [1.54, 1.807) is 12.4 Å². The van der Waals surface area contributed by atoms with Gasteiger partial charge in [0.05, 0.1) is 9.35 Å². The fraction of sp³-hybridized carbons (Fsp3) is 0. The third kappa shape index (κ3) is 2.52. The second kappa shape index (κ2) is 5.11. The van der Waals surface area contributed by atoms with Crippen molar-refractivity contribution in [2.75, 3.05) is 5.32 Å². The predicted octanol–water partition coefficient (Wildman–Crippen LogP) is 4.31. The van der Waals surface area contributed by atoms with Crippen LogP contribution in [0.4, 0.5) is 5.69 Å². The lowest BCUT2D eigenvalue weighted by molar-refractivity contribution is 0.102. The highest BCUT2D eigenvalue weighted by molar-refractivity contribution is 9.11. The highest BCUT2D eigenvalue weighted by Gasteiger charge is 2.09. The summed E-state index contributed by atoms with van der Waals surface area (Å²) in [5.74, 6) is -0.105. The first-order valence-corrected chi connectivity index (χ1v) is 7.29. The van der Waals surface area contributed by atoms with E-state index in [0.29, 0.717) is 5.56 Å². The van der Waals surface area contributed by atoms with Gasteiger partial charge in [0, 0.05) is 34.2 Å². The van der Waals surface area contributed by atoms with Crippen LogP contribution in [0.5, 0.6) is 0 Å². The van der Waals surface area contributed by atoms with Gasteiger partial charge in [0.15, 0.2) is 0 Å². The van der Waals surface area contributed by atoms with Crippen molar-refractivity contribution in [3.63, 3.8) is 0 Å². The first-order valence-electron chi connectivity index (χ1n) is 5.62. The molecular formula is C14H9BrN2OS. The second-order valence-corrected chi connectivity index (χ2v) is 6.29. The van der Waals surface area contributed by atoms with Crippen molar-refractivity contribution in [2.45, 2.75) is 0 Å². The van der Waals surface area contributed by atoms with Crippen LogP contribution < -0.4 is 5.32 Å². The summed E-state index contributed by atoms with van der Waals surface area (Å²) in [4.78, 5) is 16.2. The maximum absolute atomic E-state index is 12.1. The quantitative estimate of drug-likeness (QED) is 0.759. The lowest BCUT2D eigenvalue weighted by Gasteiger charge is -2.07. The highest BCUT2D eigenvalue weighted by atomic mass is 79.9. The molecule has 0 saturated carbocycles.